The van der Waals surface area contributed by atoms with E-state index in [1.165, 1.54) is 23.6 Å². The molecular weight excluding hydrogens is 271 g/mol. The first-order chi connectivity index (χ1) is 9.83. The summed E-state index contributed by atoms with van der Waals surface area (Å²) in [6.45, 7) is 14.5. The molecule has 114 valence electrons. The number of benzene rings is 2. The van der Waals surface area contributed by atoms with Crippen molar-refractivity contribution in [3.63, 3.8) is 0 Å². The molecule has 0 radical (unpaired) electrons. The van der Waals surface area contributed by atoms with E-state index in [0.717, 1.165) is 0 Å². The molecule has 0 aromatic heterocycles. The molecule has 0 unspecified atom stereocenters. The van der Waals surface area contributed by atoms with Gasteiger partial charge in [-0.15, -0.1) is 0 Å². The van der Waals surface area contributed by atoms with Crippen LogP contribution < -0.4 is 5.30 Å². The van der Waals surface area contributed by atoms with Crippen molar-refractivity contribution in [2.75, 3.05) is 0 Å². The van der Waals surface area contributed by atoms with Gasteiger partial charge in [-0.2, -0.15) is 0 Å². The van der Waals surface area contributed by atoms with Gasteiger partial charge in [-0.3, -0.25) is 0 Å². The lowest BCUT2D eigenvalue weighted by Gasteiger charge is -2.45. The lowest BCUT2D eigenvalue weighted by molar-refractivity contribution is 0.610. The van der Waals surface area contributed by atoms with Gasteiger partial charge in [0, 0.05) is 0 Å². The van der Waals surface area contributed by atoms with Gasteiger partial charge in [-0.05, 0) is 39.2 Å². The van der Waals surface area contributed by atoms with Crippen LogP contribution in [0.4, 0.5) is 0 Å². The second kappa shape index (κ2) is 6.09. The molecule has 2 rings (SSSR count). The van der Waals surface area contributed by atoms with Crippen LogP contribution in [0.25, 0.3) is 10.8 Å². The van der Waals surface area contributed by atoms with Crippen LogP contribution in [0.5, 0.6) is 0 Å². The highest BCUT2D eigenvalue weighted by Crippen LogP contribution is 2.61. The fourth-order valence-corrected chi connectivity index (χ4v) is 7.45. The monoisotopic (exact) mass is 300 g/mol. The van der Waals surface area contributed by atoms with E-state index in [4.69, 9.17) is 0 Å². The molecule has 0 aliphatic heterocycles. The van der Waals surface area contributed by atoms with Gasteiger partial charge in [-0.1, -0.05) is 91.9 Å². The van der Waals surface area contributed by atoms with Crippen molar-refractivity contribution in [2.24, 2.45) is 0 Å². The predicted molar refractivity (Wildman–Crippen MR) is 99.2 cm³/mol. The Morgan fingerprint density at radius 3 is 1.86 bits per heavy atom. The molecule has 0 aliphatic rings. The van der Waals surface area contributed by atoms with Gasteiger partial charge >= 0.3 is 0 Å². The topological polar surface area (TPSA) is 0 Å². The van der Waals surface area contributed by atoms with Crippen molar-refractivity contribution >= 4 is 24.0 Å². The van der Waals surface area contributed by atoms with Gasteiger partial charge in [0.1, 0.15) is 0 Å². The van der Waals surface area contributed by atoms with E-state index < -0.39 is 0 Å². The molecule has 0 atom stereocenters. The Morgan fingerprint density at radius 1 is 0.762 bits per heavy atom. The minimum absolute atomic E-state index is 0.242. The Kier molecular flexibility index (Phi) is 4.79. The maximum absolute atomic E-state index is 2.46. The minimum Gasteiger partial charge on any atom is -0.0645 e. The quantitative estimate of drug-likeness (QED) is 0.566. The standard InChI is InChI=1S/C20H29P/c1-7-19(3,4)21(20(5,6)8-2)18-15-11-13-16-12-9-10-14-17(16)18/h9-15H,7-8H2,1-6H3. The predicted octanol–water partition coefficient (Wildman–Crippen LogP) is 6.32. The van der Waals surface area contributed by atoms with Gasteiger partial charge in [0.2, 0.25) is 0 Å². The molecule has 0 N–H and O–H groups in total. The van der Waals surface area contributed by atoms with Crippen LogP contribution in [0, 0.1) is 0 Å². The Bertz CT molecular complexity index is 589. The lowest BCUT2D eigenvalue weighted by Crippen LogP contribution is -2.34. The highest BCUT2D eigenvalue weighted by atomic mass is 31.1. The highest BCUT2D eigenvalue weighted by Gasteiger charge is 2.39. The normalized spacial score (nSPS) is 13.1. The molecule has 0 bridgehead atoms. The third kappa shape index (κ3) is 3.16. The van der Waals surface area contributed by atoms with Crippen molar-refractivity contribution in [3.05, 3.63) is 42.5 Å². The third-order valence-electron chi connectivity index (χ3n) is 4.95. The molecule has 2 aromatic rings. The van der Waals surface area contributed by atoms with Gasteiger partial charge in [0.25, 0.3) is 0 Å². The lowest BCUT2D eigenvalue weighted by atomic mass is 10.1. The van der Waals surface area contributed by atoms with E-state index in [0.29, 0.717) is 10.3 Å². The Balaban J connectivity index is 2.70. The van der Waals surface area contributed by atoms with Crippen molar-refractivity contribution in [1.82, 2.24) is 0 Å². The summed E-state index contributed by atoms with van der Waals surface area (Å²) in [7, 11) is -0.242. The van der Waals surface area contributed by atoms with E-state index in [2.05, 4.69) is 84.0 Å². The maximum Gasteiger partial charge on any atom is -0.0107 e. The fourth-order valence-electron chi connectivity index (χ4n) is 3.19. The molecule has 21 heavy (non-hydrogen) atoms. The molecule has 2 aromatic carbocycles. The van der Waals surface area contributed by atoms with Gasteiger partial charge < -0.3 is 0 Å². The summed E-state index contributed by atoms with van der Waals surface area (Å²) in [6.07, 6.45) is 2.46. The zero-order valence-corrected chi connectivity index (χ0v) is 15.3. The van der Waals surface area contributed by atoms with Crippen molar-refractivity contribution in [1.29, 1.82) is 0 Å². The smallest absolute Gasteiger partial charge is 0.0107 e. The minimum atomic E-state index is -0.242. The largest absolute Gasteiger partial charge is 0.0645 e. The molecule has 0 amide bonds. The second-order valence-corrected chi connectivity index (χ2v) is 10.7. The summed E-state index contributed by atoms with van der Waals surface area (Å²) in [5, 5.41) is 5.13. The number of hydrogen-bond donors (Lipinski definition) is 0. The molecule has 0 heterocycles. The molecular formula is C20H29P. The first-order valence-electron chi connectivity index (χ1n) is 8.11. The van der Waals surface area contributed by atoms with Crippen LogP contribution in [0.1, 0.15) is 54.4 Å². The number of fused-ring (bicyclic) bond motifs is 1. The van der Waals surface area contributed by atoms with E-state index in [9.17, 15) is 0 Å². The molecule has 1 heteroatoms. The third-order valence-corrected chi connectivity index (χ3v) is 8.87. The summed E-state index contributed by atoms with van der Waals surface area (Å²) >= 11 is 0. The summed E-state index contributed by atoms with van der Waals surface area (Å²) in [5.74, 6) is 0. The Labute approximate surface area is 131 Å². The maximum atomic E-state index is 2.46. The number of hydrogen-bond acceptors (Lipinski definition) is 0. The van der Waals surface area contributed by atoms with E-state index >= 15 is 0 Å². The van der Waals surface area contributed by atoms with Crippen LogP contribution in [0.3, 0.4) is 0 Å². The summed E-state index contributed by atoms with van der Waals surface area (Å²) in [4.78, 5) is 0. The average molecular weight is 300 g/mol. The van der Waals surface area contributed by atoms with Crippen LogP contribution >= 0.6 is 7.92 Å². The fraction of sp³-hybridized carbons (Fsp3) is 0.500. The molecule has 0 nitrogen and oxygen atoms in total. The SMILES string of the molecule is CCC(C)(C)P(c1cccc2ccccc12)C(C)(C)CC. The first-order valence-corrected chi connectivity index (χ1v) is 9.46. The molecule has 0 aliphatic carbocycles. The molecule has 0 spiro atoms. The van der Waals surface area contributed by atoms with E-state index in [-0.39, 0.29) is 7.92 Å². The van der Waals surface area contributed by atoms with E-state index in [1.54, 1.807) is 5.30 Å². The van der Waals surface area contributed by atoms with Gasteiger partial charge in [0.15, 0.2) is 0 Å². The number of rotatable bonds is 5. The zero-order chi connectivity index (χ0) is 15.7. The summed E-state index contributed by atoms with van der Waals surface area (Å²) in [6, 6.07) is 15.7. The highest BCUT2D eigenvalue weighted by molar-refractivity contribution is 7.69. The average Bonchev–Trinajstić information content (AvgIpc) is 2.47. The first kappa shape index (κ1) is 16.5. The molecule has 0 saturated carbocycles. The Hall–Kier alpha value is -0.870. The van der Waals surface area contributed by atoms with Crippen molar-refractivity contribution in [2.45, 2.75) is 64.7 Å². The zero-order valence-electron chi connectivity index (χ0n) is 14.4. The summed E-state index contributed by atoms with van der Waals surface area (Å²) in [5.41, 5.74) is 0. The van der Waals surface area contributed by atoms with Crippen molar-refractivity contribution in [3.8, 4) is 0 Å². The molecule has 0 saturated heterocycles. The van der Waals surface area contributed by atoms with Gasteiger partial charge in [0.05, 0.1) is 0 Å². The Morgan fingerprint density at radius 2 is 1.29 bits per heavy atom. The van der Waals surface area contributed by atoms with Crippen LogP contribution in [-0.2, 0) is 0 Å². The van der Waals surface area contributed by atoms with E-state index in [1.807, 2.05) is 0 Å². The van der Waals surface area contributed by atoms with Crippen LogP contribution in [0.2, 0.25) is 0 Å². The molecule has 0 fully saturated rings. The van der Waals surface area contributed by atoms with Crippen LogP contribution in [0.15, 0.2) is 42.5 Å². The second-order valence-electron chi connectivity index (χ2n) is 7.17. The van der Waals surface area contributed by atoms with Crippen molar-refractivity contribution < 1.29 is 0 Å². The summed E-state index contributed by atoms with van der Waals surface area (Å²) < 4.78 is 0. The van der Waals surface area contributed by atoms with Gasteiger partial charge in [-0.25, -0.2) is 0 Å². The van der Waals surface area contributed by atoms with Crippen LogP contribution in [-0.4, -0.2) is 10.3 Å².